The summed E-state index contributed by atoms with van der Waals surface area (Å²) in [5.74, 6) is -0.0900. The molecule has 0 aliphatic carbocycles. The van der Waals surface area contributed by atoms with Crippen molar-refractivity contribution < 1.29 is 4.39 Å². The largest absolute Gasteiger partial charge is 0.207 e. The molecule has 0 N–H and O–H groups in total. The van der Waals surface area contributed by atoms with Crippen LogP contribution in [0, 0.1) is 5.82 Å². The third kappa shape index (κ3) is 3.54. The van der Waals surface area contributed by atoms with Crippen LogP contribution in [-0.4, -0.2) is 8.75 Å². The number of nitrogens with zero attached hydrogens (tertiary/aromatic N) is 2. The summed E-state index contributed by atoms with van der Waals surface area (Å²) in [6.07, 6.45) is 8.44. The number of fused-ring (bicyclic) bond motifs is 1. The lowest BCUT2D eigenvalue weighted by Crippen LogP contribution is -1.98. The van der Waals surface area contributed by atoms with E-state index in [0.29, 0.717) is 0 Å². The molecule has 2 aromatic rings. The van der Waals surface area contributed by atoms with Crippen molar-refractivity contribution in [1.29, 1.82) is 0 Å². The van der Waals surface area contributed by atoms with Gasteiger partial charge in [0.25, 0.3) is 0 Å². The molecule has 0 bridgehead atoms. The molecule has 0 fully saturated rings. The number of unbranched alkanes of at least 4 members (excludes halogenated alkanes) is 4. The van der Waals surface area contributed by atoms with Gasteiger partial charge in [-0.2, -0.15) is 8.75 Å². The Morgan fingerprint density at radius 1 is 0.950 bits per heavy atom. The van der Waals surface area contributed by atoms with Crippen LogP contribution in [0.2, 0.25) is 0 Å². The van der Waals surface area contributed by atoms with Gasteiger partial charge < -0.3 is 0 Å². The van der Waals surface area contributed by atoms with Gasteiger partial charge in [0.05, 0.1) is 11.7 Å². The highest BCUT2D eigenvalue weighted by molar-refractivity contribution is 7.00. The Morgan fingerprint density at radius 2 is 1.60 bits per heavy atom. The fourth-order valence-electron chi connectivity index (χ4n) is 2.56. The average molecular weight is 294 g/mol. The van der Waals surface area contributed by atoms with Gasteiger partial charge in [0.2, 0.25) is 0 Å². The maximum absolute atomic E-state index is 14.3. The van der Waals surface area contributed by atoms with E-state index >= 15 is 0 Å². The van der Waals surface area contributed by atoms with Gasteiger partial charge in [0.15, 0.2) is 0 Å². The van der Waals surface area contributed by atoms with Crippen molar-refractivity contribution in [1.82, 2.24) is 8.75 Å². The number of hydrogen-bond acceptors (Lipinski definition) is 3. The molecule has 0 radical (unpaired) electrons. The van der Waals surface area contributed by atoms with E-state index in [1.807, 2.05) is 0 Å². The molecule has 1 heterocycles. The number of aromatic nitrogens is 2. The zero-order valence-electron chi connectivity index (χ0n) is 12.4. The first-order valence-electron chi connectivity index (χ1n) is 7.70. The number of hydrogen-bond donors (Lipinski definition) is 0. The lowest BCUT2D eigenvalue weighted by Gasteiger charge is -2.08. The van der Waals surface area contributed by atoms with E-state index in [2.05, 4.69) is 22.6 Å². The molecule has 2 rings (SSSR count). The third-order valence-electron chi connectivity index (χ3n) is 3.75. The number of halogens is 1. The highest BCUT2D eigenvalue weighted by atomic mass is 32.1. The van der Waals surface area contributed by atoms with Crippen molar-refractivity contribution >= 4 is 22.8 Å². The van der Waals surface area contributed by atoms with E-state index < -0.39 is 0 Å². The molecule has 0 aliphatic heterocycles. The van der Waals surface area contributed by atoms with Crippen LogP contribution in [0.4, 0.5) is 4.39 Å². The molecule has 0 saturated heterocycles. The van der Waals surface area contributed by atoms with Gasteiger partial charge in [0.1, 0.15) is 16.9 Å². The second-order valence-electron chi connectivity index (χ2n) is 5.37. The molecule has 0 atom stereocenters. The van der Waals surface area contributed by atoms with E-state index in [9.17, 15) is 4.39 Å². The van der Waals surface area contributed by atoms with Crippen molar-refractivity contribution in [2.45, 2.75) is 65.2 Å². The normalized spacial score (nSPS) is 11.3. The molecule has 0 amide bonds. The quantitative estimate of drug-likeness (QED) is 0.618. The molecule has 0 unspecified atom stereocenters. The first-order valence-corrected chi connectivity index (χ1v) is 8.43. The van der Waals surface area contributed by atoms with Crippen LogP contribution in [0.3, 0.4) is 0 Å². The third-order valence-corrected chi connectivity index (χ3v) is 4.28. The van der Waals surface area contributed by atoms with E-state index in [0.717, 1.165) is 60.7 Å². The smallest absolute Gasteiger partial charge is 0.129 e. The molecule has 110 valence electrons. The molecule has 1 aromatic heterocycles. The molecule has 1 aromatic carbocycles. The topological polar surface area (TPSA) is 25.8 Å². The molecule has 0 aliphatic rings. The van der Waals surface area contributed by atoms with Crippen molar-refractivity contribution in [2.24, 2.45) is 0 Å². The Bertz CT molecular complexity index is 551. The van der Waals surface area contributed by atoms with Crippen LogP contribution in [-0.2, 0) is 12.8 Å². The first-order chi connectivity index (χ1) is 9.77. The van der Waals surface area contributed by atoms with E-state index in [4.69, 9.17) is 0 Å². The van der Waals surface area contributed by atoms with Crippen LogP contribution in [0.1, 0.15) is 63.5 Å². The van der Waals surface area contributed by atoms with E-state index in [-0.39, 0.29) is 5.82 Å². The van der Waals surface area contributed by atoms with Crippen LogP contribution in [0.15, 0.2) is 6.07 Å². The molecule has 0 spiro atoms. The van der Waals surface area contributed by atoms with Gasteiger partial charge >= 0.3 is 0 Å². The first kappa shape index (κ1) is 15.4. The van der Waals surface area contributed by atoms with Crippen molar-refractivity contribution in [3.05, 3.63) is 23.0 Å². The molecular formula is C16H23FN2S. The predicted octanol–water partition coefficient (Wildman–Crippen LogP) is 5.30. The van der Waals surface area contributed by atoms with Crippen LogP contribution in [0.5, 0.6) is 0 Å². The molecule has 2 nitrogen and oxygen atoms in total. The van der Waals surface area contributed by atoms with Gasteiger partial charge in [0, 0.05) is 5.56 Å². The summed E-state index contributed by atoms with van der Waals surface area (Å²) in [5.41, 5.74) is 3.52. The maximum atomic E-state index is 14.3. The van der Waals surface area contributed by atoms with Crippen LogP contribution < -0.4 is 0 Å². The summed E-state index contributed by atoms with van der Waals surface area (Å²) in [7, 11) is 0. The highest BCUT2D eigenvalue weighted by Crippen LogP contribution is 2.27. The minimum Gasteiger partial charge on any atom is -0.207 e. The number of rotatable bonds is 8. The molecule has 20 heavy (non-hydrogen) atoms. The summed E-state index contributed by atoms with van der Waals surface area (Å²) >= 11 is 1.20. The molecule has 0 saturated carbocycles. The summed E-state index contributed by atoms with van der Waals surface area (Å²) in [6.45, 7) is 4.34. The van der Waals surface area contributed by atoms with E-state index in [1.165, 1.54) is 24.6 Å². The minimum atomic E-state index is -0.0900. The Kier molecular flexibility index (Phi) is 5.89. The zero-order valence-corrected chi connectivity index (χ0v) is 13.2. The minimum absolute atomic E-state index is 0.0900. The lowest BCUT2D eigenvalue weighted by atomic mass is 9.99. The predicted molar refractivity (Wildman–Crippen MR) is 83.8 cm³/mol. The monoisotopic (exact) mass is 294 g/mol. The van der Waals surface area contributed by atoms with Crippen LogP contribution >= 0.6 is 11.7 Å². The average Bonchev–Trinajstić information content (AvgIpc) is 2.91. The maximum Gasteiger partial charge on any atom is 0.129 e. The fraction of sp³-hybridized carbons (Fsp3) is 0.625. The van der Waals surface area contributed by atoms with E-state index in [1.54, 1.807) is 6.07 Å². The second kappa shape index (κ2) is 7.67. The van der Waals surface area contributed by atoms with Crippen molar-refractivity contribution in [3.63, 3.8) is 0 Å². The Morgan fingerprint density at radius 3 is 2.30 bits per heavy atom. The standard InChI is InChI=1S/C16H23FN2S/c1-3-5-7-9-12-11-14(17)13(10-8-6-4-2)16-15(12)18-20-19-16/h11H,3-10H2,1-2H3. The second-order valence-corrected chi connectivity index (χ2v) is 5.90. The van der Waals surface area contributed by atoms with Gasteiger partial charge in [-0.25, -0.2) is 4.39 Å². The zero-order chi connectivity index (χ0) is 14.4. The summed E-state index contributed by atoms with van der Waals surface area (Å²) in [5, 5.41) is 0. The van der Waals surface area contributed by atoms with Gasteiger partial charge in [-0.05, 0) is 37.3 Å². The summed E-state index contributed by atoms with van der Waals surface area (Å²) in [4.78, 5) is 0. The number of aryl methyl sites for hydroxylation is 2. The lowest BCUT2D eigenvalue weighted by molar-refractivity contribution is 0.598. The SMILES string of the molecule is CCCCCc1cc(F)c(CCCCC)c2nsnc12. The fourth-order valence-corrected chi connectivity index (χ4v) is 3.17. The molecular weight excluding hydrogens is 271 g/mol. The Balaban J connectivity index is 2.24. The molecule has 4 heteroatoms. The Hall–Kier alpha value is -1.03. The highest BCUT2D eigenvalue weighted by Gasteiger charge is 2.15. The Labute approximate surface area is 124 Å². The van der Waals surface area contributed by atoms with Crippen molar-refractivity contribution in [2.75, 3.05) is 0 Å². The van der Waals surface area contributed by atoms with Crippen molar-refractivity contribution in [3.8, 4) is 0 Å². The summed E-state index contributed by atoms with van der Waals surface area (Å²) in [6, 6.07) is 1.70. The van der Waals surface area contributed by atoms with Gasteiger partial charge in [-0.15, -0.1) is 0 Å². The summed E-state index contributed by atoms with van der Waals surface area (Å²) < 4.78 is 23.1. The van der Waals surface area contributed by atoms with Gasteiger partial charge in [-0.1, -0.05) is 39.5 Å². The van der Waals surface area contributed by atoms with Gasteiger partial charge in [-0.3, -0.25) is 0 Å². The number of benzene rings is 1. The van der Waals surface area contributed by atoms with Crippen LogP contribution in [0.25, 0.3) is 11.0 Å².